The van der Waals surface area contributed by atoms with Crippen LogP contribution in [0, 0.1) is 0 Å². The van der Waals surface area contributed by atoms with Crippen molar-refractivity contribution in [2.75, 3.05) is 19.0 Å². The molecule has 0 spiro atoms. The van der Waals surface area contributed by atoms with E-state index in [0.717, 1.165) is 12.8 Å². The van der Waals surface area contributed by atoms with E-state index in [4.69, 9.17) is 0 Å². The lowest BCUT2D eigenvalue weighted by Crippen LogP contribution is -3.00. The van der Waals surface area contributed by atoms with Crippen molar-refractivity contribution in [3.63, 3.8) is 0 Å². The molecule has 0 atom stereocenters. The number of aliphatic hydroxyl groups excluding tert-OH is 1. The summed E-state index contributed by atoms with van der Waals surface area (Å²) < 4.78 is 0. The molecule has 3 heteroatoms. The number of hydrogen-bond donors (Lipinski definition) is 1. The molecule has 0 bridgehead atoms. The van der Waals surface area contributed by atoms with Gasteiger partial charge in [0.25, 0.3) is 0 Å². The minimum atomic E-state index is -0.913. The summed E-state index contributed by atoms with van der Waals surface area (Å²) in [7, 11) is -0.913. The highest BCUT2D eigenvalue weighted by Gasteiger charge is 2.38. The third kappa shape index (κ3) is 3.15. The molecule has 1 aliphatic heterocycles. The maximum atomic E-state index is 9.51. The maximum Gasteiger partial charge on any atom is 0.0936 e. The van der Waals surface area contributed by atoms with Crippen molar-refractivity contribution in [3.8, 4) is 0 Å². The Morgan fingerprint density at radius 2 is 1.67 bits per heavy atom. The molecule has 15 heavy (non-hydrogen) atoms. The van der Waals surface area contributed by atoms with Crippen LogP contribution in [0.3, 0.4) is 0 Å². The van der Waals surface area contributed by atoms with Crippen LogP contribution in [0.2, 0.25) is 0 Å². The first-order valence-electron chi connectivity index (χ1n) is 5.29. The highest BCUT2D eigenvalue weighted by Crippen LogP contribution is 2.57. The normalized spacial score (nSPS) is 30.7. The van der Waals surface area contributed by atoms with Gasteiger partial charge in [-0.15, -0.1) is 0 Å². The van der Waals surface area contributed by atoms with Gasteiger partial charge in [0.1, 0.15) is 0 Å². The van der Waals surface area contributed by atoms with Crippen LogP contribution < -0.4 is 29.3 Å². The topological polar surface area (TPSA) is 20.2 Å². The van der Waals surface area contributed by atoms with Gasteiger partial charge in [-0.05, 0) is 12.1 Å². The number of aliphatic hydroxyl groups is 1. The van der Waals surface area contributed by atoms with Crippen LogP contribution in [0.5, 0.6) is 0 Å². The Bertz CT molecular complexity index is 294. The highest BCUT2D eigenvalue weighted by atomic mass is 127. The van der Waals surface area contributed by atoms with Crippen molar-refractivity contribution in [2.24, 2.45) is 0 Å². The van der Waals surface area contributed by atoms with E-state index < -0.39 is 7.26 Å². The van der Waals surface area contributed by atoms with Gasteiger partial charge in [0.2, 0.25) is 0 Å². The Morgan fingerprint density at radius 1 is 1.13 bits per heavy atom. The summed E-state index contributed by atoms with van der Waals surface area (Å²) in [6.45, 7) is 2.42. The van der Waals surface area contributed by atoms with Gasteiger partial charge in [-0.1, -0.05) is 18.2 Å². The first kappa shape index (κ1) is 13.4. The minimum Gasteiger partial charge on any atom is -1.00 e. The summed E-state index contributed by atoms with van der Waals surface area (Å²) in [6.07, 6.45) is 4.40. The zero-order valence-corrected chi connectivity index (χ0v) is 12.1. The van der Waals surface area contributed by atoms with Crippen molar-refractivity contribution in [3.05, 3.63) is 30.3 Å². The Morgan fingerprint density at radius 3 is 2.20 bits per heavy atom. The molecule has 1 fully saturated rings. The van der Waals surface area contributed by atoms with Crippen LogP contribution in [-0.4, -0.2) is 30.2 Å². The number of hydrogen-bond acceptors (Lipinski definition) is 1. The van der Waals surface area contributed by atoms with Crippen LogP contribution in [-0.2, 0) is 0 Å². The molecule has 84 valence electrons. The second-order valence-electron chi connectivity index (χ2n) is 4.41. The SMILES string of the molecule is C[P+]1(c2ccccc2)CCC(O)CC1.[I-]. The van der Waals surface area contributed by atoms with Gasteiger partial charge in [0.05, 0.1) is 30.4 Å². The Balaban J connectivity index is 0.00000112. The standard InChI is InChI=1S/C12H18OP.HI/c1-14(9-7-11(13)8-10-14)12-5-3-2-4-6-12;/h2-6,11,13H,7-10H2,1H3;1H/q+1;/p-1. The molecule has 1 aliphatic rings. The maximum absolute atomic E-state index is 9.51. The third-order valence-corrected chi connectivity index (χ3v) is 7.33. The smallest absolute Gasteiger partial charge is 0.0936 e. The predicted octanol–water partition coefficient (Wildman–Crippen LogP) is -0.882. The molecular formula is C12H18IOP. The summed E-state index contributed by atoms with van der Waals surface area (Å²) in [6, 6.07) is 10.8. The fraction of sp³-hybridized carbons (Fsp3) is 0.500. The molecule has 0 aromatic heterocycles. The summed E-state index contributed by atoms with van der Waals surface area (Å²) in [5.41, 5.74) is 0. The van der Waals surface area contributed by atoms with Gasteiger partial charge >= 0.3 is 0 Å². The molecule has 1 aromatic carbocycles. The lowest BCUT2D eigenvalue weighted by Gasteiger charge is -2.29. The molecule has 1 heterocycles. The number of rotatable bonds is 1. The Kier molecular flexibility index (Phi) is 5.01. The quantitative estimate of drug-likeness (QED) is 0.522. The summed E-state index contributed by atoms with van der Waals surface area (Å²) in [5, 5.41) is 11.0. The van der Waals surface area contributed by atoms with Crippen molar-refractivity contribution < 1.29 is 29.1 Å². The van der Waals surface area contributed by atoms with Gasteiger partial charge in [-0.2, -0.15) is 0 Å². The first-order chi connectivity index (χ1) is 6.71. The molecule has 2 rings (SSSR count). The van der Waals surface area contributed by atoms with Gasteiger partial charge in [0, 0.05) is 20.1 Å². The van der Waals surface area contributed by atoms with Crippen LogP contribution in [0.1, 0.15) is 12.8 Å². The van der Waals surface area contributed by atoms with E-state index >= 15 is 0 Å². The minimum absolute atomic E-state index is 0. The van der Waals surface area contributed by atoms with Crippen LogP contribution in [0.4, 0.5) is 0 Å². The fourth-order valence-corrected chi connectivity index (χ4v) is 5.54. The highest BCUT2D eigenvalue weighted by molar-refractivity contribution is 7.82. The van der Waals surface area contributed by atoms with Gasteiger partial charge in [0.15, 0.2) is 0 Å². The molecule has 0 unspecified atom stereocenters. The average Bonchev–Trinajstić information content (AvgIpc) is 2.24. The summed E-state index contributed by atoms with van der Waals surface area (Å²) in [5.74, 6) is 0. The van der Waals surface area contributed by atoms with Crippen LogP contribution >= 0.6 is 7.26 Å². The van der Waals surface area contributed by atoms with Crippen LogP contribution in [0.25, 0.3) is 0 Å². The molecule has 1 aromatic rings. The van der Waals surface area contributed by atoms with E-state index in [1.165, 1.54) is 17.6 Å². The lowest BCUT2D eigenvalue weighted by molar-refractivity contribution is -0.00000500. The average molecular weight is 336 g/mol. The first-order valence-corrected chi connectivity index (χ1v) is 7.90. The zero-order valence-electron chi connectivity index (χ0n) is 9.06. The van der Waals surface area contributed by atoms with E-state index in [-0.39, 0.29) is 30.1 Å². The molecule has 1 nitrogen and oxygen atoms in total. The van der Waals surface area contributed by atoms with E-state index in [9.17, 15) is 5.11 Å². The number of halogens is 1. The molecule has 0 amide bonds. The Labute approximate surface area is 110 Å². The van der Waals surface area contributed by atoms with Gasteiger partial charge < -0.3 is 29.1 Å². The summed E-state index contributed by atoms with van der Waals surface area (Å²) >= 11 is 0. The fourth-order valence-electron chi connectivity index (χ4n) is 2.17. The molecule has 0 saturated carbocycles. The molecule has 0 aliphatic carbocycles. The lowest BCUT2D eigenvalue weighted by atomic mass is 10.2. The second-order valence-corrected chi connectivity index (χ2v) is 8.61. The van der Waals surface area contributed by atoms with E-state index in [0.29, 0.717) is 0 Å². The van der Waals surface area contributed by atoms with Crippen molar-refractivity contribution in [1.29, 1.82) is 0 Å². The largest absolute Gasteiger partial charge is 1.00 e. The van der Waals surface area contributed by atoms with Gasteiger partial charge in [-0.25, -0.2) is 0 Å². The molecule has 1 N–H and O–H groups in total. The molecule has 1 saturated heterocycles. The van der Waals surface area contributed by atoms with E-state index in [1.54, 1.807) is 0 Å². The van der Waals surface area contributed by atoms with Crippen molar-refractivity contribution >= 4 is 12.6 Å². The number of benzene rings is 1. The second kappa shape index (κ2) is 5.60. The van der Waals surface area contributed by atoms with Gasteiger partial charge in [-0.3, -0.25) is 0 Å². The third-order valence-electron chi connectivity index (χ3n) is 3.29. The van der Waals surface area contributed by atoms with Crippen molar-refractivity contribution in [2.45, 2.75) is 18.9 Å². The summed E-state index contributed by atoms with van der Waals surface area (Å²) in [4.78, 5) is 0. The monoisotopic (exact) mass is 336 g/mol. The molecular weight excluding hydrogens is 318 g/mol. The van der Waals surface area contributed by atoms with Crippen molar-refractivity contribution in [1.82, 2.24) is 0 Å². The molecule has 0 radical (unpaired) electrons. The predicted molar refractivity (Wildman–Crippen MR) is 63.9 cm³/mol. The van der Waals surface area contributed by atoms with Crippen LogP contribution in [0.15, 0.2) is 30.3 Å². The Hall–Kier alpha value is 0.340. The van der Waals surface area contributed by atoms with E-state index in [2.05, 4.69) is 37.0 Å². The zero-order chi connectivity index (χ0) is 10.0. The van der Waals surface area contributed by atoms with E-state index in [1.807, 2.05) is 0 Å².